The number of hydrogen-bond acceptors (Lipinski definition) is 6. The lowest BCUT2D eigenvalue weighted by molar-refractivity contribution is -0.385. The number of carbonyl (C=O) groups is 2. The van der Waals surface area contributed by atoms with Crippen molar-refractivity contribution in [2.45, 2.75) is 58.2 Å². The van der Waals surface area contributed by atoms with Crippen molar-refractivity contribution < 1.29 is 24.0 Å². The number of benzene rings is 2. The standard InChI is InChI=1S/C25H31N3O6/c1-17-7-6-8-19(13-17)15-27(18(2)25(30)26-20-9-4-5-10-20)24(29)16-34-21-11-12-22(28(31)32)23(14-21)33-3/h6-8,11-14,18,20H,4-5,9-10,15-16H2,1-3H3,(H,26,30)/t18-/m1/s1. The van der Waals surface area contributed by atoms with Crippen LogP contribution < -0.4 is 14.8 Å². The van der Waals surface area contributed by atoms with Crippen LogP contribution in [0.2, 0.25) is 0 Å². The van der Waals surface area contributed by atoms with Crippen molar-refractivity contribution >= 4 is 17.5 Å². The number of nitrogens with one attached hydrogen (secondary N) is 1. The van der Waals surface area contributed by atoms with Gasteiger partial charge < -0.3 is 19.7 Å². The number of methoxy groups -OCH3 is 1. The first-order valence-electron chi connectivity index (χ1n) is 11.4. The first kappa shape index (κ1) is 25.0. The molecular formula is C25H31N3O6. The van der Waals surface area contributed by atoms with E-state index in [1.165, 1.54) is 30.2 Å². The molecule has 182 valence electrons. The number of ether oxygens (including phenoxy) is 2. The van der Waals surface area contributed by atoms with Gasteiger partial charge in [0, 0.05) is 24.7 Å². The zero-order chi connectivity index (χ0) is 24.7. The molecule has 34 heavy (non-hydrogen) atoms. The van der Waals surface area contributed by atoms with E-state index in [-0.39, 0.29) is 48.2 Å². The highest BCUT2D eigenvalue weighted by atomic mass is 16.6. The second-order valence-corrected chi connectivity index (χ2v) is 8.56. The van der Waals surface area contributed by atoms with Gasteiger partial charge in [0.15, 0.2) is 6.61 Å². The second kappa shape index (κ2) is 11.5. The molecule has 0 spiro atoms. The van der Waals surface area contributed by atoms with Crippen LogP contribution in [0.1, 0.15) is 43.7 Å². The summed E-state index contributed by atoms with van der Waals surface area (Å²) in [6.07, 6.45) is 4.10. The van der Waals surface area contributed by atoms with E-state index in [9.17, 15) is 19.7 Å². The number of nitro groups is 1. The van der Waals surface area contributed by atoms with E-state index in [2.05, 4.69) is 5.32 Å². The summed E-state index contributed by atoms with van der Waals surface area (Å²) in [6.45, 7) is 3.62. The van der Waals surface area contributed by atoms with E-state index >= 15 is 0 Å². The van der Waals surface area contributed by atoms with E-state index in [0.29, 0.717) is 0 Å². The molecule has 9 nitrogen and oxygen atoms in total. The molecule has 0 aliphatic heterocycles. The molecule has 3 rings (SSSR count). The number of aryl methyl sites for hydroxylation is 1. The van der Waals surface area contributed by atoms with Crippen molar-refractivity contribution in [1.29, 1.82) is 0 Å². The van der Waals surface area contributed by atoms with E-state index < -0.39 is 11.0 Å². The fourth-order valence-corrected chi connectivity index (χ4v) is 4.11. The summed E-state index contributed by atoms with van der Waals surface area (Å²) in [4.78, 5) is 38.2. The number of rotatable bonds is 10. The van der Waals surface area contributed by atoms with Crippen LogP contribution in [0.25, 0.3) is 0 Å². The van der Waals surface area contributed by atoms with Gasteiger partial charge in [-0.05, 0) is 38.3 Å². The molecule has 1 atom stereocenters. The van der Waals surface area contributed by atoms with Crippen molar-refractivity contribution in [2.24, 2.45) is 0 Å². The molecule has 0 heterocycles. The number of nitrogens with zero attached hydrogens (tertiary/aromatic N) is 2. The highest BCUT2D eigenvalue weighted by Crippen LogP contribution is 2.30. The Bertz CT molecular complexity index is 1040. The van der Waals surface area contributed by atoms with E-state index in [4.69, 9.17) is 9.47 Å². The van der Waals surface area contributed by atoms with E-state index in [0.717, 1.165) is 36.8 Å². The maximum atomic E-state index is 13.2. The molecular weight excluding hydrogens is 438 g/mol. The molecule has 1 aliphatic carbocycles. The molecule has 0 bridgehead atoms. The fourth-order valence-electron chi connectivity index (χ4n) is 4.11. The van der Waals surface area contributed by atoms with E-state index in [1.807, 2.05) is 31.2 Å². The normalized spacial score (nSPS) is 14.3. The Morgan fingerprint density at radius 2 is 1.94 bits per heavy atom. The molecule has 2 aromatic carbocycles. The first-order valence-corrected chi connectivity index (χ1v) is 11.4. The average Bonchev–Trinajstić information content (AvgIpc) is 3.33. The van der Waals surface area contributed by atoms with Gasteiger partial charge in [0.25, 0.3) is 5.91 Å². The van der Waals surface area contributed by atoms with Crippen molar-refractivity contribution in [3.05, 3.63) is 63.7 Å². The molecule has 2 amide bonds. The summed E-state index contributed by atoms with van der Waals surface area (Å²) in [5, 5.41) is 14.2. The second-order valence-electron chi connectivity index (χ2n) is 8.56. The molecule has 2 aromatic rings. The third-order valence-electron chi connectivity index (χ3n) is 6.01. The molecule has 9 heteroatoms. The van der Waals surface area contributed by atoms with Crippen molar-refractivity contribution in [3.8, 4) is 11.5 Å². The molecule has 0 radical (unpaired) electrons. The molecule has 1 saturated carbocycles. The number of hydrogen-bond donors (Lipinski definition) is 1. The van der Waals surface area contributed by atoms with Gasteiger partial charge in [-0.3, -0.25) is 19.7 Å². The topological polar surface area (TPSA) is 111 Å². The predicted molar refractivity (Wildman–Crippen MR) is 127 cm³/mol. The van der Waals surface area contributed by atoms with Crippen LogP contribution in [-0.4, -0.2) is 47.4 Å². The van der Waals surface area contributed by atoms with Gasteiger partial charge in [0.2, 0.25) is 11.7 Å². The quantitative estimate of drug-likeness (QED) is 0.419. The lowest BCUT2D eigenvalue weighted by atomic mass is 10.1. The Morgan fingerprint density at radius 3 is 2.59 bits per heavy atom. The Hall–Kier alpha value is -3.62. The SMILES string of the molecule is COc1cc(OCC(=O)N(Cc2cccc(C)c2)[C@H](C)C(=O)NC2CCCC2)ccc1[N+](=O)[O-]. The van der Waals surface area contributed by atoms with Gasteiger partial charge in [0.05, 0.1) is 12.0 Å². The summed E-state index contributed by atoms with van der Waals surface area (Å²) in [7, 11) is 1.32. The van der Waals surface area contributed by atoms with Gasteiger partial charge in [-0.1, -0.05) is 42.7 Å². The number of nitro benzene ring substituents is 1. The van der Waals surface area contributed by atoms with Crippen LogP contribution in [0.3, 0.4) is 0 Å². The van der Waals surface area contributed by atoms with Crippen LogP contribution in [0.5, 0.6) is 11.5 Å². The van der Waals surface area contributed by atoms with Crippen LogP contribution >= 0.6 is 0 Å². The summed E-state index contributed by atoms with van der Waals surface area (Å²) in [5.74, 6) is -0.261. The van der Waals surface area contributed by atoms with Gasteiger partial charge in [-0.2, -0.15) is 0 Å². The highest BCUT2D eigenvalue weighted by Gasteiger charge is 2.29. The maximum Gasteiger partial charge on any atom is 0.311 e. The Morgan fingerprint density at radius 1 is 1.21 bits per heavy atom. The summed E-state index contributed by atoms with van der Waals surface area (Å²) >= 11 is 0. The third-order valence-corrected chi connectivity index (χ3v) is 6.01. The minimum atomic E-state index is -0.691. The van der Waals surface area contributed by atoms with Gasteiger partial charge in [0.1, 0.15) is 11.8 Å². The number of amides is 2. The lowest BCUT2D eigenvalue weighted by Crippen LogP contribution is -2.50. The molecule has 1 aliphatic rings. The first-order chi connectivity index (χ1) is 16.3. The minimum absolute atomic E-state index is 0.0378. The third kappa shape index (κ3) is 6.46. The van der Waals surface area contributed by atoms with Crippen molar-refractivity contribution in [2.75, 3.05) is 13.7 Å². The van der Waals surface area contributed by atoms with E-state index in [1.54, 1.807) is 6.92 Å². The molecule has 1 N–H and O–H groups in total. The maximum absolute atomic E-state index is 13.2. The van der Waals surface area contributed by atoms with Crippen molar-refractivity contribution in [1.82, 2.24) is 10.2 Å². The lowest BCUT2D eigenvalue weighted by Gasteiger charge is -2.29. The van der Waals surface area contributed by atoms with Crippen LogP contribution in [0.4, 0.5) is 5.69 Å². The summed E-state index contributed by atoms with van der Waals surface area (Å²) < 4.78 is 10.7. The molecule has 1 fully saturated rings. The molecule has 0 saturated heterocycles. The Kier molecular flexibility index (Phi) is 8.45. The molecule has 0 aromatic heterocycles. The zero-order valence-corrected chi connectivity index (χ0v) is 19.8. The van der Waals surface area contributed by atoms with Gasteiger partial charge in [-0.15, -0.1) is 0 Å². The van der Waals surface area contributed by atoms with Gasteiger partial charge in [-0.25, -0.2) is 0 Å². The predicted octanol–water partition coefficient (Wildman–Crippen LogP) is 3.77. The monoisotopic (exact) mass is 469 g/mol. The number of carbonyl (C=O) groups excluding carboxylic acids is 2. The van der Waals surface area contributed by atoms with Gasteiger partial charge >= 0.3 is 5.69 Å². The Labute approximate surface area is 199 Å². The smallest absolute Gasteiger partial charge is 0.311 e. The fraction of sp³-hybridized carbons (Fsp3) is 0.440. The minimum Gasteiger partial charge on any atom is -0.490 e. The average molecular weight is 470 g/mol. The van der Waals surface area contributed by atoms with Crippen molar-refractivity contribution in [3.63, 3.8) is 0 Å². The molecule has 0 unspecified atom stereocenters. The summed E-state index contributed by atoms with van der Waals surface area (Å²) in [5.41, 5.74) is 1.77. The van der Waals surface area contributed by atoms with Crippen LogP contribution in [-0.2, 0) is 16.1 Å². The Balaban J connectivity index is 1.74. The summed E-state index contributed by atoms with van der Waals surface area (Å²) in [6, 6.07) is 11.3. The van der Waals surface area contributed by atoms with Crippen LogP contribution in [0, 0.1) is 17.0 Å². The highest BCUT2D eigenvalue weighted by molar-refractivity contribution is 5.88. The zero-order valence-electron chi connectivity index (χ0n) is 19.8. The van der Waals surface area contributed by atoms with Crippen LogP contribution in [0.15, 0.2) is 42.5 Å². The largest absolute Gasteiger partial charge is 0.490 e.